The molecule has 2 N–H and O–H groups in total. The molecule has 7 nitrogen and oxygen atoms in total. The van der Waals surface area contributed by atoms with E-state index in [-0.39, 0.29) is 16.5 Å². The maximum absolute atomic E-state index is 12.1. The van der Waals surface area contributed by atoms with Crippen LogP contribution in [0.15, 0.2) is 12.3 Å². The first-order valence-electron chi connectivity index (χ1n) is 6.18. The highest BCUT2D eigenvalue weighted by molar-refractivity contribution is 7.99. The van der Waals surface area contributed by atoms with Crippen LogP contribution in [0.25, 0.3) is 0 Å². The number of aromatic nitrogens is 1. The van der Waals surface area contributed by atoms with Gasteiger partial charge >= 0.3 is 0 Å². The largest absolute Gasteiger partial charge is 0.370 e. The monoisotopic (exact) mass is 298 g/mol. The summed E-state index contributed by atoms with van der Waals surface area (Å²) in [7, 11) is 0. The molecule has 0 spiro atoms. The molecule has 20 heavy (non-hydrogen) atoms. The van der Waals surface area contributed by atoms with Gasteiger partial charge in [0.05, 0.1) is 4.92 Å². The molecule has 0 radical (unpaired) electrons. The van der Waals surface area contributed by atoms with E-state index in [1.54, 1.807) is 11.8 Å². The molecule has 1 aromatic rings. The van der Waals surface area contributed by atoms with E-state index >= 15 is 0 Å². The molecule has 1 atom stereocenters. The highest BCUT2D eigenvalue weighted by Gasteiger charge is 2.21. The van der Waals surface area contributed by atoms with Crippen molar-refractivity contribution in [2.75, 3.05) is 24.7 Å². The lowest BCUT2D eigenvalue weighted by Crippen LogP contribution is -2.30. The Kier molecular flexibility index (Phi) is 6.23. The predicted octanol–water partition coefficient (Wildman–Crippen LogP) is 1.90. The van der Waals surface area contributed by atoms with Gasteiger partial charge in [-0.3, -0.25) is 14.9 Å². The van der Waals surface area contributed by atoms with E-state index in [2.05, 4.69) is 15.6 Å². The first kappa shape index (κ1) is 16.2. The molecule has 1 unspecified atom stereocenters. The van der Waals surface area contributed by atoms with Gasteiger partial charge in [0.2, 0.25) is 0 Å². The molecule has 1 rings (SSSR count). The number of nitrogens with zero attached hydrogens (tertiary/aromatic N) is 2. The van der Waals surface area contributed by atoms with Crippen molar-refractivity contribution in [1.82, 2.24) is 10.3 Å². The summed E-state index contributed by atoms with van der Waals surface area (Å²) in [5, 5.41) is 16.8. The van der Waals surface area contributed by atoms with Crippen molar-refractivity contribution in [3.05, 3.63) is 27.9 Å². The van der Waals surface area contributed by atoms with Crippen molar-refractivity contribution in [3.8, 4) is 0 Å². The smallest absolute Gasteiger partial charge is 0.300 e. The summed E-state index contributed by atoms with van der Waals surface area (Å²) in [6.45, 7) is 4.92. The fraction of sp³-hybridized carbons (Fsp3) is 0.500. The summed E-state index contributed by atoms with van der Waals surface area (Å²) in [6, 6.07) is 1.40. The molecule has 0 bridgehead atoms. The standard InChI is InChI=1S/C12H18N4O3S/c1-4-13-11-5-9(10(7-14-11)16(18)19)12(17)15-6-8(2)20-3/h5,7-8H,4,6H2,1-3H3,(H,13,14)(H,15,17). The minimum Gasteiger partial charge on any atom is -0.370 e. The molecule has 0 aromatic carbocycles. The lowest BCUT2D eigenvalue weighted by molar-refractivity contribution is -0.385. The Hall–Kier alpha value is -1.83. The molecule has 0 aliphatic carbocycles. The Balaban J connectivity index is 2.96. The number of pyridine rings is 1. The number of nitrogens with one attached hydrogen (secondary N) is 2. The van der Waals surface area contributed by atoms with Gasteiger partial charge in [0, 0.05) is 24.4 Å². The van der Waals surface area contributed by atoms with Crippen LogP contribution in [0.4, 0.5) is 11.5 Å². The second kappa shape index (κ2) is 7.68. The van der Waals surface area contributed by atoms with Crippen LogP contribution in [0, 0.1) is 10.1 Å². The van der Waals surface area contributed by atoms with Crippen LogP contribution in [-0.4, -0.2) is 40.4 Å². The zero-order chi connectivity index (χ0) is 15.1. The van der Waals surface area contributed by atoms with Crippen LogP contribution in [0.2, 0.25) is 0 Å². The lowest BCUT2D eigenvalue weighted by atomic mass is 10.2. The molecule has 1 heterocycles. The van der Waals surface area contributed by atoms with E-state index in [1.165, 1.54) is 6.07 Å². The Morgan fingerprint density at radius 3 is 2.85 bits per heavy atom. The van der Waals surface area contributed by atoms with Crippen molar-refractivity contribution < 1.29 is 9.72 Å². The van der Waals surface area contributed by atoms with Gasteiger partial charge in [0.25, 0.3) is 11.6 Å². The Morgan fingerprint density at radius 2 is 2.30 bits per heavy atom. The van der Waals surface area contributed by atoms with Crippen molar-refractivity contribution in [3.63, 3.8) is 0 Å². The van der Waals surface area contributed by atoms with Crippen LogP contribution in [0.1, 0.15) is 24.2 Å². The van der Waals surface area contributed by atoms with Crippen LogP contribution in [-0.2, 0) is 0 Å². The molecule has 0 aliphatic heterocycles. The molecule has 8 heteroatoms. The first-order chi connectivity index (χ1) is 9.49. The van der Waals surface area contributed by atoms with Gasteiger partial charge in [0.1, 0.15) is 17.6 Å². The number of carbonyl (C=O) groups excluding carboxylic acids is 1. The van der Waals surface area contributed by atoms with Crippen LogP contribution >= 0.6 is 11.8 Å². The molecule has 0 saturated carbocycles. The van der Waals surface area contributed by atoms with E-state index < -0.39 is 10.8 Å². The fourth-order valence-electron chi connectivity index (χ4n) is 1.47. The van der Waals surface area contributed by atoms with Gasteiger partial charge < -0.3 is 10.6 Å². The van der Waals surface area contributed by atoms with Crippen LogP contribution in [0.5, 0.6) is 0 Å². The summed E-state index contributed by atoms with van der Waals surface area (Å²) in [6.07, 6.45) is 3.04. The van der Waals surface area contributed by atoms with Gasteiger partial charge in [-0.15, -0.1) is 0 Å². The third-order valence-electron chi connectivity index (χ3n) is 2.63. The highest BCUT2D eigenvalue weighted by Crippen LogP contribution is 2.20. The third-order valence-corrected chi connectivity index (χ3v) is 3.61. The lowest BCUT2D eigenvalue weighted by Gasteiger charge is -2.11. The number of nitro groups is 1. The summed E-state index contributed by atoms with van der Waals surface area (Å²) in [5.41, 5.74) is -0.268. The predicted molar refractivity (Wildman–Crippen MR) is 80.4 cm³/mol. The van der Waals surface area contributed by atoms with Gasteiger partial charge in [-0.05, 0) is 13.2 Å². The number of rotatable bonds is 7. The normalized spacial score (nSPS) is 11.8. The topological polar surface area (TPSA) is 97.2 Å². The summed E-state index contributed by atoms with van der Waals surface area (Å²) in [5.74, 6) is -0.0136. The Labute approximate surface area is 121 Å². The first-order valence-corrected chi connectivity index (χ1v) is 7.47. The Morgan fingerprint density at radius 1 is 1.60 bits per heavy atom. The third kappa shape index (κ3) is 4.37. The van der Waals surface area contributed by atoms with E-state index in [4.69, 9.17) is 0 Å². The maximum atomic E-state index is 12.1. The molecule has 0 fully saturated rings. The number of anilines is 1. The molecule has 0 saturated heterocycles. The number of carbonyl (C=O) groups is 1. The Bertz CT molecular complexity index is 496. The van der Waals surface area contributed by atoms with Gasteiger partial charge in [-0.25, -0.2) is 4.98 Å². The molecule has 0 aliphatic rings. The SMILES string of the molecule is CCNc1cc(C(=O)NCC(C)SC)c([N+](=O)[O-])cn1. The van der Waals surface area contributed by atoms with Gasteiger partial charge in [-0.1, -0.05) is 6.92 Å². The maximum Gasteiger partial charge on any atom is 0.300 e. The molecule has 1 amide bonds. The average molecular weight is 298 g/mol. The molecular formula is C12H18N4O3S. The second-order valence-electron chi connectivity index (χ2n) is 4.13. The van der Waals surface area contributed by atoms with Gasteiger partial charge in [0.15, 0.2) is 0 Å². The van der Waals surface area contributed by atoms with E-state index in [0.29, 0.717) is 18.9 Å². The summed E-state index contributed by atoms with van der Waals surface area (Å²) < 4.78 is 0. The van der Waals surface area contributed by atoms with Crippen molar-refractivity contribution in [2.45, 2.75) is 19.1 Å². The number of amides is 1. The van der Waals surface area contributed by atoms with Gasteiger partial charge in [-0.2, -0.15) is 11.8 Å². The minimum absolute atomic E-state index is 0.0225. The minimum atomic E-state index is -0.602. The van der Waals surface area contributed by atoms with E-state index in [9.17, 15) is 14.9 Å². The van der Waals surface area contributed by atoms with E-state index in [0.717, 1.165) is 6.20 Å². The van der Waals surface area contributed by atoms with Crippen LogP contribution in [0.3, 0.4) is 0 Å². The van der Waals surface area contributed by atoms with Crippen molar-refractivity contribution in [2.24, 2.45) is 0 Å². The second-order valence-corrected chi connectivity index (χ2v) is 5.41. The summed E-state index contributed by atoms with van der Waals surface area (Å²) >= 11 is 1.61. The van der Waals surface area contributed by atoms with Crippen LogP contribution < -0.4 is 10.6 Å². The number of hydrogen-bond acceptors (Lipinski definition) is 6. The van der Waals surface area contributed by atoms with Crippen molar-refractivity contribution in [1.29, 1.82) is 0 Å². The zero-order valence-corrected chi connectivity index (χ0v) is 12.5. The average Bonchev–Trinajstić information content (AvgIpc) is 2.44. The van der Waals surface area contributed by atoms with Crippen molar-refractivity contribution >= 4 is 29.2 Å². The van der Waals surface area contributed by atoms with E-state index in [1.807, 2.05) is 20.1 Å². The fourth-order valence-corrected chi connectivity index (χ4v) is 1.72. The molecule has 1 aromatic heterocycles. The highest BCUT2D eigenvalue weighted by atomic mass is 32.2. The molecule has 110 valence electrons. The molecular weight excluding hydrogens is 280 g/mol. The number of hydrogen-bond donors (Lipinski definition) is 2. The number of thioether (sulfide) groups is 1. The summed E-state index contributed by atoms with van der Waals surface area (Å²) in [4.78, 5) is 26.3. The quantitative estimate of drug-likeness (QED) is 0.589. The zero-order valence-electron chi connectivity index (χ0n) is 11.7.